The first-order valence-electron chi connectivity index (χ1n) is 6.10. The molecule has 1 aromatic rings. The normalized spacial score (nSPS) is 31.0. The molecule has 2 aliphatic rings. The van der Waals surface area contributed by atoms with Gasteiger partial charge < -0.3 is 9.73 Å². The summed E-state index contributed by atoms with van der Waals surface area (Å²) in [5.74, 6) is 2.14. The number of nitrogens with one attached hydrogen (secondary N) is 1. The summed E-state index contributed by atoms with van der Waals surface area (Å²) in [6, 6.07) is 2.15. The van der Waals surface area contributed by atoms with Gasteiger partial charge in [-0.25, -0.2) is 0 Å². The number of furan rings is 1. The minimum atomic E-state index is 0.172. The molecule has 0 radical (unpaired) electrons. The Balaban J connectivity index is 1.85. The van der Waals surface area contributed by atoms with Crippen molar-refractivity contribution in [3.05, 3.63) is 23.7 Å². The van der Waals surface area contributed by atoms with E-state index in [2.05, 4.69) is 18.3 Å². The van der Waals surface area contributed by atoms with Crippen LogP contribution in [0.25, 0.3) is 0 Å². The third-order valence-electron chi connectivity index (χ3n) is 4.13. The third-order valence-corrected chi connectivity index (χ3v) is 4.13. The van der Waals surface area contributed by atoms with Crippen molar-refractivity contribution in [2.24, 2.45) is 5.92 Å². The van der Waals surface area contributed by atoms with Gasteiger partial charge in [0.25, 0.3) is 0 Å². The monoisotopic (exact) mass is 205 g/mol. The smallest absolute Gasteiger partial charge is 0.110 e. The van der Waals surface area contributed by atoms with Crippen LogP contribution in [0.2, 0.25) is 0 Å². The van der Waals surface area contributed by atoms with Gasteiger partial charge in [-0.3, -0.25) is 0 Å². The Bertz CT molecular complexity index is 353. The van der Waals surface area contributed by atoms with E-state index in [1.54, 1.807) is 0 Å². The fourth-order valence-electron chi connectivity index (χ4n) is 3.03. The average molecular weight is 205 g/mol. The molecule has 0 aromatic carbocycles. The van der Waals surface area contributed by atoms with Crippen LogP contribution < -0.4 is 5.32 Å². The van der Waals surface area contributed by atoms with Crippen LogP contribution >= 0.6 is 0 Å². The molecule has 1 N–H and O–H groups in total. The summed E-state index contributed by atoms with van der Waals surface area (Å²) < 4.78 is 5.54. The van der Waals surface area contributed by atoms with Gasteiger partial charge in [0.15, 0.2) is 0 Å². The summed E-state index contributed by atoms with van der Waals surface area (Å²) in [6.07, 6.45) is 8.44. The van der Waals surface area contributed by atoms with Crippen molar-refractivity contribution in [2.75, 3.05) is 6.54 Å². The van der Waals surface area contributed by atoms with E-state index in [4.69, 9.17) is 4.42 Å². The Morgan fingerprint density at radius 3 is 3.13 bits per heavy atom. The van der Waals surface area contributed by atoms with Gasteiger partial charge in [-0.15, -0.1) is 0 Å². The van der Waals surface area contributed by atoms with Gasteiger partial charge in [0.1, 0.15) is 5.76 Å². The fraction of sp³-hybridized carbons (Fsp3) is 0.692. The van der Waals surface area contributed by atoms with Gasteiger partial charge in [0, 0.05) is 24.1 Å². The second kappa shape index (κ2) is 3.38. The van der Waals surface area contributed by atoms with E-state index in [0.29, 0.717) is 0 Å². The zero-order valence-electron chi connectivity index (χ0n) is 9.38. The van der Waals surface area contributed by atoms with Crippen LogP contribution in [0, 0.1) is 5.92 Å². The first-order valence-corrected chi connectivity index (χ1v) is 6.10. The van der Waals surface area contributed by atoms with Crippen molar-refractivity contribution >= 4 is 0 Å². The molecule has 0 saturated heterocycles. The first kappa shape index (κ1) is 9.46. The SMILES string of the molecule is CC1(CC2CCC2)NCCc2occc21. The molecule has 0 amide bonds. The summed E-state index contributed by atoms with van der Waals surface area (Å²) in [5, 5.41) is 3.68. The van der Waals surface area contributed by atoms with E-state index in [-0.39, 0.29) is 5.54 Å². The maximum Gasteiger partial charge on any atom is 0.110 e. The number of rotatable bonds is 2. The Labute approximate surface area is 91.0 Å². The topological polar surface area (TPSA) is 25.2 Å². The molecular formula is C13H19NO. The van der Waals surface area contributed by atoms with Crippen LogP contribution in [0.1, 0.15) is 43.9 Å². The second-order valence-electron chi connectivity index (χ2n) is 5.27. The summed E-state index contributed by atoms with van der Waals surface area (Å²) in [6.45, 7) is 3.39. The van der Waals surface area contributed by atoms with Crippen molar-refractivity contribution in [2.45, 2.75) is 44.6 Å². The van der Waals surface area contributed by atoms with Crippen LogP contribution in [-0.2, 0) is 12.0 Å². The standard InChI is InChI=1S/C13H19NO/c1-13(9-10-3-2-4-10)11-6-8-15-12(11)5-7-14-13/h6,8,10,14H,2-5,7,9H2,1H3. The molecular weight excluding hydrogens is 186 g/mol. The Hall–Kier alpha value is -0.760. The molecule has 82 valence electrons. The Morgan fingerprint density at radius 1 is 1.53 bits per heavy atom. The van der Waals surface area contributed by atoms with Crippen molar-refractivity contribution < 1.29 is 4.42 Å². The molecule has 1 saturated carbocycles. The highest BCUT2D eigenvalue weighted by atomic mass is 16.3. The van der Waals surface area contributed by atoms with Crippen molar-refractivity contribution in [1.29, 1.82) is 0 Å². The molecule has 3 rings (SSSR count). The van der Waals surface area contributed by atoms with Crippen molar-refractivity contribution in [3.63, 3.8) is 0 Å². The Kier molecular flexibility index (Phi) is 2.13. The molecule has 1 fully saturated rings. The van der Waals surface area contributed by atoms with E-state index in [1.165, 1.54) is 37.0 Å². The highest BCUT2D eigenvalue weighted by Crippen LogP contribution is 2.40. The molecule has 1 aliphatic heterocycles. The number of hydrogen-bond donors (Lipinski definition) is 1. The quantitative estimate of drug-likeness (QED) is 0.803. The lowest BCUT2D eigenvalue weighted by molar-refractivity contribution is 0.194. The zero-order valence-corrected chi connectivity index (χ0v) is 9.38. The molecule has 1 aromatic heterocycles. The van der Waals surface area contributed by atoms with Gasteiger partial charge >= 0.3 is 0 Å². The number of fused-ring (bicyclic) bond motifs is 1. The van der Waals surface area contributed by atoms with E-state index >= 15 is 0 Å². The van der Waals surface area contributed by atoms with Gasteiger partial charge in [-0.05, 0) is 25.3 Å². The van der Waals surface area contributed by atoms with Crippen molar-refractivity contribution in [1.82, 2.24) is 5.32 Å². The maximum atomic E-state index is 5.54. The third kappa shape index (κ3) is 1.51. The summed E-state index contributed by atoms with van der Waals surface area (Å²) in [5.41, 5.74) is 1.58. The predicted molar refractivity (Wildman–Crippen MR) is 59.7 cm³/mol. The van der Waals surface area contributed by atoms with Gasteiger partial charge in [-0.1, -0.05) is 19.3 Å². The van der Waals surface area contributed by atoms with Crippen LogP contribution in [0.5, 0.6) is 0 Å². The van der Waals surface area contributed by atoms with E-state index in [1.807, 2.05) is 6.26 Å². The lowest BCUT2D eigenvalue weighted by atomic mass is 9.73. The summed E-state index contributed by atoms with van der Waals surface area (Å²) in [4.78, 5) is 0. The molecule has 15 heavy (non-hydrogen) atoms. The first-order chi connectivity index (χ1) is 7.28. The summed E-state index contributed by atoms with van der Waals surface area (Å²) >= 11 is 0. The van der Waals surface area contributed by atoms with Gasteiger partial charge in [-0.2, -0.15) is 0 Å². The average Bonchev–Trinajstić information content (AvgIpc) is 2.61. The van der Waals surface area contributed by atoms with Gasteiger partial charge in [0.05, 0.1) is 6.26 Å². The molecule has 2 heteroatoms. The zero-order chi connectivity index (χ0) is 10.3. The minimum absolute atomic E-state index is 0.172. The molecule has 0 spiro atoms. The molecule has 1 atom stereocenters. The molecule has 1 unspecified atom stereocenters. The molecule has 2 nitrogen and oxygen atoms in total. The van der Waals surface area contributed by atoms with E-state index in [9.17, 15) is 0 Å². The molecule has 0 bridgehead atoms. The highest BCUT2D eigenvalue weighted by molar-refractivity contribution is 5.29. The largest absolute Gasteiger partial charge is 0.469 e. The van der Waals surface area contributed by atoms with Gasteiger partial charge in [0.2, 0.25) is 0 Å². The number of hydrogen-bond acceptors (Lipinski definition) is 2. The Morgan fingerprint density at radius 2 is 2.40 bits per heavy atom. The summed E-state index contributed by atoms with van der Waals surface area (Å²) in [7, 11) is 0. The van der Waals surface area contributed by atoms with E-state index < -0.39 is 0 Å². The van der Waals surface area contributed by atoms with E-state index in [0.717, 1.165) is 18.9 Å². The molecule has 1 aliphatic carbocycles. The maximum absolute atomic E-state index is 5.54. The van der Waals surface area contributed by atoms with Crippen molar-refractivity contribution in [3.8, 4) is 0 Å². The fourth-order valence-corrected chi connectivity index (χ4v) is 3.03. The lowest BCUT2D eigenvalue weighted by Crippen LogP contribution is -2.46. The van der Waals surface area contributed by atoms with Crippen LogP contribution in [0.15, 0.2) is 16.7 Å². The molecule has 2 heterocycles. The van der Waals surface area contributed by atoms with Crippen LogP contribution in [0.4, 0.5) is 0 Å². The predicted octanol–water partition coefficient (Wildman–Crippen LogP) is 2.83. The van der Waals surface area contributed by atoms with Crippen LogP contribution in [0.3, 0.4) is 0 Å². The minimum Gasteiger partial charge on any atom is -0.469 e. The highest BCUT2D eigenvalue weighted by Gasteiger charge is 2.36. The second-order valence-corrected chi connectivity index (χ2v) is 5.27. The van der Waals surface area contributed by atoms with Crippen LogP contribution in [-0.4, -0.2) is 6.54 Å². The lowest BCUT2D eigenvalue weighted by Gasteiger charge is -2.40.